The van der Waals surface area contributed by atoms with E-state index in [2.05, 4.69) is 12.1 Å². The second-order valence-electron chi connectivity index (χ2n) is 2.04. The molecule has 0 bridgehead atoms. The van der Waals surface area contributed by atoms with Crippen molar-refractivity contribution in [1.82, 2.24) is 0 Å². The van der Waals surface area contributed by atoms with Gasteiger partial charge in [0.2, 0.25) is 0 Å². The molecule has 62 valence electrons. The predicted octanol–water partition coefficient (Wildman–Crippen LogP) is 0.530. The molecule has 0 saturated carbocycles. The number of hydrogen-bond donors (Lipinski definition) is 2. The van der Waals surface area contributed by atoms with Crippen molar-refractivity contribution in [3.63, 3.8) is 0 Å². The average Bonchev–Trinajstić information content (AvgIpc) is 2.08. The molecule has 1 aromatic carbocycles. The van der Waals surface area contributed by atoms with Gasteiger partial charge in [0.1, 0.15) is 0 Å². The van der Waals surface area contributed by atoms with Gasteiger partial charge in [-0.25, -0.2) is 4.57 Å². The average molecular weight is 238 g/mol. The first-order valence-corrected chi connectivity index (χ1v) is 7.81. The van der Waals surface area contributed by atoms with Gasteiger partial charge in [-0.1, -0.05) is 0 Å². The first-order valence-electron chi connectivity index (χ1n) is 3.46. The van der Waals surface area contributed by atoms with Gasteiger partial charge in [0, 0.05) is 0 Å². The van der Waals surface area contributed by atoms with Crippen LogP contribution in [0.1, 0.15) is 0 Å². The summed E-state index contributed by atoms with van der Waals surface area (Å²) in [6.07, 6.45) is 0. The van der Waals surface area contributed by atoms with Crippen molar-refractivity contribution in [2.45, 2.75) is 0 Å². The maximum atomic E-state index is 8.60. The zero-order chi connectivity index (χ0) is 9.23. The zero-order valence-corrected chi connectivity index (χ0v) is 10.4. The maximum absolute atomic E-state index is 8.60. The molecule has 0 amide bonds. The van der Waals surface area contributed by atoms with Crippen LogP contribution >= 0.6 is 8.69 Å². The van der Waals surface area contributed by atoms with Gasteiger partial charge in [-0.15, -0.1) is 0 Å². The molecule has 3 nitrogen and oxygen atoms in total. The Bertz CT molecular complexity index is 205. The standard InChI is InChI=1S/C6H5.CH3O.HO2P.Zn/c1-2-4-6-5-3-1;1-2;1-3-2;/h1-5H;2H,1H2;(H,1,2);. The Hall–Kier alpha value is -0.137. The number of benzene rings is 1. The van der Waals surface area contributed by atoms with Crippen molar-refractivity contribution < 1.29 is 31.7 Å². The zero-order valence-electron chi connectivity index (χ0n) is 6.55. The van der Waals surface area contributed by atoms with E-state index in [0.29, 0.717) is 5.20 Å². The Morgan fingerprint density at radius 1 is 1.33 bits per heavy atom. The van der Waals surface area contributed by atoms with E-state index in [1.807, 2.05) is 18.2 Å². The molecule has 5 heteroatoms. The third kappa shape index (κ3) is 6.57. The van der Waals surface area contributed by atoms with E-state index in [1.54, 1.807) is 0 Å². The number of aliphatic hydroxyl groups excluding tert-OH is 1. The van der Waals surface area contributed by atoms with Crippen LogP contribution in [0, 0.1) is 0 Å². The van der Waals surface area contributed by atoms with E-state index in [0.717, 1.165) is 0 Å². The molecule has 0 aliphatic heterocycles. The van der Waals surface area contributed by atoms with Gasteiger partial charge in [-0.2, -0.15) is 0 Å². The van der Waals surface area contributed by atoms with Crippen molar-refractivity contribution in [2.75, 3.05) is 5.20 Å². The summed E-state index contributed by atoms with van der Waals surface area (Å²) < 4.78 is 9.84. The Morgan fingerprint density at radius 2 is 1.83 bits per heavy atom. The number of hydrogen-bond acceptors (Lipinski definition) is 2. The molecule has 0 aliphatic carbocycles. The van der Waals surface area contributed by atoms with Crippen LogP contribution in [0.5, 0.6) is 0 Å². The van der Waals surface area contributed by atoms with Gasteiger partial charge < -0.3 is 4.89 Å². The quantitative estimate of drug-likeness (QED) is 0.583. The predicted molar refractivity (Wildman–Crippen MR) is 43.0 cm³/mol. The Labute approximate surface area is 80.3 Å². The second-order valence-corrected chi connectivity index (χ2v) is 5.90. The molecule has 2 N–H and O–H groups in total. The van der Waals surface area contributed by atoms with Gasteiger partial charge in [0.15, 0.2) is 0 Å². The first-order chi connectivity index (χ1) is 5.85. The molecule has 12 heavy (non-hydrogen) atoms. The minimum atomic E-state index is -0.833. The van der Waals surface area contributed by atoms with E-state index in [1.165, 1.54) is 4.16 Å². The SMILES string of the molecule is O=PO.O[CH2][Zn][c]1ccccc1. The van der Waals surface area contributed by atoms with Crippen molar-refractivity contribution in [3.05, 3.63) is 30.3 Å². The minimum absolute atomic E-state index is 0.428. The van der Waals surface area contributed by atoms with E-state index in [9.17, 15) is 0 Å². The van der Waals surface area contributed by atoms with Crippen molar-refractivity contribution in [3.8, 4) is 0 Å². The molecule has 0 spiro atoms. The van der Waals surface area contributed by atoms with Crippen LogP contribution in [0.25, 0.3) is 0 Å². The number of aliphatic hydroxyl groups is 1. The molecule has 0 radical (unpaired) electrons. The van der Waals surface area contributed by atoms with Crippen LogP contribution < -0.4 is 4.16 Å². The molecular weight excluding hydrogens is 228 g/mol. The number of rotatable bonds is 2. The van der Waals surface area contributed by atoms with E-state index in [4.69, 9.17) is 14.6 Å². The van der Waals surface area contributed by atoms with E-state index >= 15 is 0 Å². The normalized spacial score (nSPS) is 8.17. The van der Waals surface area contributed by atoms with Crippen molar-refractivity contribution in [1.29, 1.82) is 0 Å². The van der Waals surface area contributed by atoms with Crippen LogP contribution in [-0.4, -0.2) is 15.2 Å². The Balaban J connectivity index is 0.000000354. The summed E-state index contributed by atoms with van der Waals surface area (Å²) in [6, 6.07) is 10.2. The summed E-state index contributed by atoms with van der Waals surface area (Å²) in [6.45, 7) is 0. The fourth-order valence-corrected chi connectivity index (χ4v) is 2.59. The van der Waals surface area contributed by atoms with E-state index < -0.39 is 25.8 Å². The van der Waals surface area contributed by atoms with E-state index in [-0.39, 0.29) is 0 Å². The van der Waals surface area contributed by atoms with Crippen LogP contribution in [-0.2, 0) is 21.7 Å². The molecule has 1 aromatic rings. The fraction of sp³-hybridized carbons (Fsp3) is 0.143. The summed E-state index contributed by atoms with van der Waals surface area (Å²) >= 11 is -0.734. The van der Waals surface area contributed by atoms with Crippen LogP contribution in [0.3, 0.4) is 0 Å². The molecular formula is C7H9O3PZn. The van der Waals surface area contributed by atoms with Gasteiger partial charge in [0.25, 0.3) is 0 Å². The molecule has 0 atom stereocenters. The summed E-state index contributed by atoms with van der Waals surface area (Å²) in [5.41, 5.74) is 0. The fourth-order valence-electron chi connectivity index (χ4n) is 0.774. The third-order valence-electron chi connectivity index (χ3n) is 1.24. The third-order valence-corrected chi connectivity index (χ3v) is 3.91. The van der Waals surface area contributed by atoms with Crippen LogP contribution in [0.4, 0.5) is 0 Å². The molecule has 0 aliphatic rings. The van der Waals surface area contributed by atoms with Crippen molar-refractivity contribution in [2.24, 2.45) is 0 Å². The van der Waals surface area contributed by atoms with Crippen molar-refractivity contribution >= 4 is 12.8 Å². The first kappa shape index (κ1) is 11.9. The Morgan fingerprint density at radius 3 is 2.25 bits per heavy atom. The second kappa shape index (κ2) is 8.96. The Kier molecular flexibility index (Phi) is 8.85. The molecule has 0 fully saturated rings. The summed E-state index contributed by atoms with van der Waals surface area (Å²) in [7, 11) is -0.833. The molecule has 0 unspecified atom stereocenters. The molecule has 0 heterocycles. The van der Waals surface area contributed by atoms with Gasteiger partial charge in [0.05, 0.1) is 0 Å². The van der Waals surface area contributed by atoms with Crippen LogP contribution in [0.2, 0.25) is 0 Å². The molecule has 0 saturated heterocycles. The summed E-state index contributed by atoms with van der Waals surface area (Å²) in [5.74, 6) is 0. The monoisotopic (exact) mass is 236 g/mol. The van der Waals surface area contributed by atoms with Crippen LogP contribution in [0.15, 0.2) is 30.3 Å². The molecule has 1 rings (SSSR count). The van der Waals surface area contributed by atoms with Gasteiger partial charge in [-0.3, -0.25) is 0 Å². The van der Waals surface area contributed by atoms with Gasteiger partial charge >= 0.3 is 70.6 Å². The summed E-state index contributed by atoms with van der Waals surface area (Å²) in [4.78, 5) is 6.99. The molecule has 0 aromatic heterocycles. The van der Waals surface area contributed by atoms with Gasteiger partial charge in [-0.05, 0) is 0 Å². The summed E-state index contributed by atoms with van der Waals surface area (Å²) in [5, 5.41) is 9.03. The topological polar surface area (TPSA) is 57.5 Å².